The van der Waals surface area contributed by atoms with Crippen LogP contribution in [0.1, 0.15) is 24.4 Å². The largest absolute Gasteiger partial charge is 0.330 e. The Kier molecular flexibility index (Phi) is 3.06. The van der Waals surface area contributed by atoms with Gasteiger partial charge in [-0.25, -0.2) is 9.97 Å². The Morgan fingerprint density at radius 3 is 2.71 bits per heavy atom. The molecule has 0 aromatic carbocycles. The van der Waals surface area contributed by atoms with Gasteiger partial charge in [0.15, 0.2) is 0 Å². The van der Waals surface area contributed by atoms with Crippen molar-refractivity contribution in [2.24, 2.45) is 11.7 Å². The summed E-state index contributed by atoms with van der Waals surface area (Å²) in [7, 11) is 0. The van der Waals surface area contributed by atoms with Crippen LogP contribution < -0.4 is 11.1 Å². The number of nitrogens with one attached hydrogen (secondary N) is 1. The molecular weight excluding hydrogens is 176 g/mol. The van der Waals surface area contributed by atoms with Gasteiger partial charge in [-0.05, 0) is 31.8 Å². The minimum Gasteiger partial charge on any atom is -0.330 e. The van der Waals surface area contributed by atoms with Crippen LogP contribution in [0, 0.1) is 5.92 Å². The molecule has 3 N–H and O–H groups in total. The van der Waals surface area contributed by atoms with Gasteiger partial charge < -0.3 is 11.1 Å². The van der Waals surface area contributed by atoms with Crippen LogP contribution in [-0.4, -0.2) is 23.1 Å². The van der Waals surface area contributed by atoms with Crippen LogP contribution in [0.4, 0.5) is 0 Å². The van der Waals surface area contributed by atoms with E-state index in [9.17, 15) is 0 Å². The standard InChI is InChI=1S/C10H16N4/c11-3-8-1-2-10(14-4-8)9-5-12-7-13-6-9/h5-8,10,14H,1-4,11H2. The molecule has 0 saturated carbocycles. The second kappa shape index (κ2) is 4.48. The molecule has 1 aliphatic rings. The molecule has 0 radical (unpaired) electrons. The second-order valence-corrected chi connectivity index (χ2v) is 3.81. The van der Waals surface area contributed by atoms with Crippen molar-refractivity contribution in [3.63, 3.8) is 0 Å². The Hall–Kier alpha value is -1.00. The third-order valence-corrected chi connectivity index (χ3v) is 2.83. The van der Waals surface area contributed by atoms with Gasteiger partial charge in [0.1, 0.15) is 6.33 Å². The molecule has 4 heteroatoms. The van der Waals surface area contributed by atoms with Crippen molar-refractivity contribution in [1.29, 1.82) is 0 Å². The zero-order valence-corrected chi connectivity index (χ0v) is 8.19. The number of nitrogens with two attached hydrogens (primary N) is 1. The third-order valence-electron chi connectivity index (χ3n) is 2.83. The van der Waals surface area contributed by atoms with Gasteiger partial charge in [-0.1, -0.05) is 0 Å². The van der Waals surface area contributed by atoms with Crippen LogP contribution in [0.5, 0.6) is 0 Å². The molecule has 0 amide bonds. The van der Waals surface area contributed by atoms with Crippen LogP contribution in [0.25, 0.3) is 0 Å². The molecule has 1 aromatic rings. The van der Waals surface area contributed by atoms with Crippen molar-refractivity contribution in [3.05, 3.63) is 24.3 Å². The van der Waals surface area contributed by atoms with Gasteiger partial charge in [0.25, 0.3) is 0 Å². The van der Waals surface area contributed by atoms with Crippen LogP contribution in [0.2, 0.25) is 0 Å². The fraction of sp³-hybridized carbons (Fsp3) is 0.600. The number of hydrogen-bond acceptors (Lipinski definition) is 4. The van der Waals surface area contributed by atoms with Gasteiger partial charge >= 0.3 is 0 Å². The fourth-order valence-corrected chi connectivity index (χ4v) is 1.89. The summed E-state index contributed by atoms with van der Waals surface area (Å²) in [4.78, 5) is 8.05. The molecule has 2 heterocycles. The smallest absolute Gasteiger partial charge is 0.115 e. The van der Waals surface area contributed by atoms with Crippen molar-refractivity contribution in [1.82, 2.24) is 15.3 Å². The molecule has 76 valence electrons. The van der Waals surface area contributed by atoms with E-state index in [-0.39, 0.29) is 0 Å². The lowest BCUT2D eigenvalue weighted by molar-refractivity contribution is 0.319. The van der Waals surface area contributed by atoms with E-state index in [1.54, 1.807) is 6.33 Å². The SMILES string of the molecule is NCC1CCC(c2cncnc2)NC1. The number of piperidine rings is 1. The summed E-state index contributed by atoms with van der Waals surface area (Å²) in [6, 6.07) is 0.416. The molecule has 14 heavy (non-hydrogen) atoms. The summed E-state index contributed by atoms with van der Waals surface area (Å²) >= 11 is 0. The van der Waals surface area contributed by atoms with Gasteiger partial charge in [0.2, 0.25) is 0 Å². The first-order valence-corrected chi connectivity index (χ1v) is 5.08. The van der Waals surface area contributed by atoms with Crippen LogP contribution in [-0.2, 0) is 0 Å². The Balaban J connectivity index is 1.96. The quantitative estimate of drug-likeness (QED) is 0.715. The fourth-order valence-electron chi connectivity index (χ4n) is 1.89. The zero-order chi connectivity index (χ0) is 9.80. The molecule has 0 aliphatic carbocycles. The minimum absolute atomic E-state index is 0.416. The van der Waals surface area contributed by atoms with E-state index in [2.05, 4.69) is 15.3 Å². The van der Waals surface area contributed by atoms with Gasteiger partial charge in [0.05, 0.1) is 0 Å². The van der Waals surface area contributed by atoms with Crippen molar-refractivity contribution in [3.8, 4) is 0 Å². The lowest BCUT2D eigenvalue weighted by Crippen LogP contribution is -2.36. The molecule has 1 aliphatic heterocycles. The van der Waals surface area contributed by atoms with Gasteiger partial charge in [0, 0.05) is 24.0 Å². The average molecular weight is 192 g/mol. The summed E-state index contributed by atoms with van der Waals surface area (Å²) < 4.78 is 0. The summed E-state index contributed by atoms with van der Waals surface area (Å²) in [6.45, 7) is 1.79. The molecule has 2 atom stereocenters. The van der Waals surface area contributed by atoms with E-state index in [0.717, 1.165) is 19.5 Å². The first-order valence-electron chi connectivity index (χ1n) is 5.08. The lowest BCUT2D eigenvalue weighted by atomic mass is 9.92. The third kappa shape index (κ3) is 2.08. The Morgan fingerprint density at radius 1 is 1.36 bits per heavy atom. The first-order chi connectivity index (χ1) is 6.90. The van der Waals surface area contributed by atoms with Crippen LogP contribution >= 0.6 is 0 Å². The highest BCUT2D eigenvalue weighted by Crippen LogP contribution is 2.23. The van der Waals surface area contributed by atoms with Gasteiger partial charge in [-0.15, -0.1) is 0 Å². The highest BCUT2D eigenvalue weighted by molar-refractivity contribution is 5.10. The number of rotatable bonds is 2. The molecule has 4 nitrogen and oxygen atoms in total. The predicted molar refractivity (Wildman–Crippen MR) is 54.6 cm³/mol. The number of aromatic nitrogens is 2. The Morgan fingerprint density at radius 2 is 2.14 bits per heavy atom. The van der Waals surface area contributed by atoms with E-state index in [4.69, 9.17) is 5.73 Å². The molecule has 1 aromatic heterocycles. The van der Waals surface area contributed by atoms with E-state index in [1.807, 2.05) is 12.4 Å². The topological polar surface area (TPSA) is 63.8 Å². The highest BCUT2D eigenvalue weighted by Gasteiger charge is 2.20. The summed E-state index contributed by atoms with van der Waals surface area (Å²) in [5, 5.41) is 3.48. The summed E-state index contributed by atoms with van der Waals surface area (Å²) in [5.41, 5.74) is 6.81. The number of nitrogens with zero attached hydrogens (tertiary/aromatic N) is 2. The normalized spacial score (nSPS) is 27.5. The average Bonchev–Trinajstić information content (AvgIpc) is 2.30. The van der Waals surface area contributed by atoms with Crippen molar-refractivity contribution in [2.45, 2.75) is 18.9 Å². The van der Waals surface area contributed by atoms with E-state index >= 15 is 0 Å². The summed E-state index contributed by atoms with van der Waals surface area (Å²) in [6.07, 6.45) is 7.66. The molecule has 0 spiro atoms. The molecule has 1 saturated heterocycles. The maximum absolute atomic E-state index is 5.62. The molecule has 2 unspecified atom stereocenters. The second-order valence-electron chi connectivity index (χ2n) is 3.81. The molecular formula is C10H16N4. The Labute approximate surface area is 83.9 Å². The predicted octanol–water partition coefficient (Wildman–Crippen LogP) is 0.476. The summed E-state index contributed by atoms with van der Waals surface area (Å²) in [5.74, 6) is 0.635. The van der Waals surface area contributed by atoms with E-state index in [0.29, 0.717) is 12.0 Å². The molecule has 1 fully saturated rings. The molecule has 0 bridgehead atoms. The van der Waals surface area contributed by atoms with Crippen LogP contribution in [0.3, 0.4) is 0 Å². The zero-order valence-electron chi connectivity index (χ0n) is 8.19. The minimum atomic E-state index is 0.416. The van der Waals surface area contributed by atoms with Gasteiger partial charge in [-0.3, -0.25) is 0 Å². The maximum atomic E-state index is 5.62. The molecule has 2 rings (SSSR count). The van der Waals surface area contributed by atoms with Gasteiger partial charge in [-0.2, -0.15) is 0 Å². The van der Waals surface area contributed by atoms with Crippen molar-refractivity contribution < 1.29 is 0 Å². The first kappa shape index (κ1) is 9.55. The van der Waals surface area contributed by atoms with Crippen molar-refractivity contribution in [2.75, 3.05) is 13.1 Å². The Bertz CT molecular complexity index is 267. The maximum Gasteiger partial charge on any atom is 0.115 e. The van der Waals surface area contributed by atoms with E-state index < -0.39 is 0 Å². The van der Waals surface area contributed by atoms with Crippen molar-refractivity contribution >= 4 is 0 Å². The van der Waals surface area contributed by atoms with E-state index in [1.165, 1.54) is 12.0 Å². The number of hydrogen-bond donors (Lipinski definition) is 2. The monoisotopic (exact) mass is 192 g/mol. The highest BCUT2D eigenvalue weighted by atomic mass is 14.9. The lowest BCUT2D eigenvalue weighted by Gasteiger charge is -2.28. The van der Waals surface area contributed by atoms with Crippen LogP contribution in [0.15, 0.2) is 18.7 Å².